The first-order valence-corrected chi connectivity index (χ1v) is 7.64. The molecule has 1 N–H and O–H groups in total. The summed E-state index contributed by atoms with van der Waals surface area (Å²) in [5, 5.41) is 9.12. The van der Waals surface area contributed by atoms with E-state index in [1.165, 1.54) is 0 Å². The number of aliphatic carboxylic acids is 1. The maximum atomic E-state index is 12.2. The largest absolute Gasteiger partial charge is 0.484 e. The molecule has 114 valence electrons. The molecule has 2 unspecified atom stereocenters. The van der Waals surface area contributed by atoms with Crippen LogP contribution >= 0.6 is 15.9 Å². The van der Waals surface area contributed by atoms with E-state index in [9.17, 15) is 9.59 Å². The number of nitrogens with zero attached hydrogens (tertiary/aromatic N) is 1. The Balaban J connectivity index is 1.90. The van der Waals surface area contributed by atoms with Gasteiger partial charge in [0.2, 0.25) is 0 Å². The van der Waals surface area contributed by atoms with Gasteiger partial charge < -0.3 is 14.7 Å². The van der Waals surface area contributed by atoms with Crippen molar-refractivity contribution in [1.82, 2.24) is 4.90 Å². The minimum atomic E-state index is -0.840. The quantitative estimate of drug-likeness (QED) is 0.900. The molecule has 1 saturated heterocycles. The molecule has 0 radical (unpaired) electrons. The summed E-state index contributed by atoms with van der Waals surface area (Å²) in [5.41, 5.74) is 0. The molecule has 0 spiro atoms. The Morgan fingerprint density at radius 2 is 2.00 bits per heavy atom. The molecular weight excluding hydrogens is 338 g/mol. The molecule has 2 atom stereocenters. The second kappa shape index (κ2) is 6.93. The van der Waals surface area contributed by atoms with Crippen LogP contribution in [-0.2, 0) is 9.59 Å². The third-order valence-electron chi connectivity index (χ3n) is 3.54. The zero-order valence-electron chi connectivity index (χ0n) is 11.8. The number of halogens is 1. The lowest BCUT2D eigenvalue weighted by atomic mass is 9.90. The number of carboxylic acids is 1. The van der Waals surface area contributed by atoms with Crippen molar-refractivity contribution < 1.29 is 19.4 Å². The van der Waals surface area contributed by atoms with Crippen molar-refractivity contribution >= 4 is 27.8 Å². The van der Waals surface area contributed by atoms with E-state index in [1.807, 2.05) is 19.1 Å². The normalized spacial score (nSPS) is 21.9. The Hall–Kier alpha value is -1.56. The lowest BCUT2D eigenvalue weighted by Gasteiger charge is -2.34. The second-order valence-electron chi connectivity index (χ2n) is 5.42. The average molecular weight is 356 g/mol. The molecule has 0 aliphatic carbocycles. The molecule has 1 aliphatic heterocycles. The Bertz CT molecular complexity index is 517. The van der Waals surface area contributed by atoms with Crippen molar-refractivity contribution in [2.75, 3.05) is 19.7 Å². The molecule has 0 aromatic heterocycles. The first kappa shape index (κ1) is 15.8. The number of carboxylic acid groups (broad SMARTS) is 1. The first-order valence-electron chi connectivity index (χ1n) is 6.84. The van der Waals surface area contributed by atoms with Crippen LogP contribution in [0.15, 0.2) is 28.7 Å². The van der Waals surface area contributed by atoms with E-state index in [1.54, 1.807) is 17.0 Å². The van der Waals surface area contributed by atoms with E-state index in [2.05, 4.69) is 15.9 Å². The minimum absolute atomic E-state index is 0.0688. The number of ether oxygens (including phenoxy) is 1. The Labute approximate surface area is 132 Å². The standard InChI is InChI=1S/C15H18BrNO4/c1-10-6-11(15(19)20)8-17(7-10)14(18)9-21-13-4-2-12(16)3-5-13/h2-5,10-11H,6-9H2,1H3,(H,19,20). The van der Waals surface area contributed by atoms with E-state index in [-0.39, 0.29) is 25.0 Å². The Morgan fingerprint density at radius 3 is 2.62 bits per heavy atom. The number of carbonyl (C=O) groups is 2. The number of amides is 1. The number of likely N-dealkylation sites (tertiary alicyclic amines) is 1. The molecule has 1 fully saturated rings. The summed E-state index contributed by atoms with van der Waals surface area (Å²) >= 11 is 3.33. The number of rotatable bonds is 4. The minimum Gasteiger partial charge on any atom is -0.484 e. The fraction of sp³-hybridized carbons (Fsp3) is 0.467. The van der Waals surface area contributed by atoms with E-state index < -0.39 is 11.9 Å². The molecule has 1 aliphatic rings. The van der Waals surface area contributed by atoms with Gasteiger partial charge in [-0.2, -0.15) is 0 Å². The maximum absolute atomic E-state index is 12.2. The summed E-state index contributed by atoms with van der Waals surface area (Å²) in [6, 6.07) is 7.22. The summed E-state index contributed by atoms with van der Waals surface area (Å²) in [4.78, 5) is 24.8. The molecule has 2 rings (SSSR count). The Morgan fingerprint density at radius 1 is 1.33 bits per heavy atom. The van der Waals surface area contributed by atoms with Crippen LogP contribution < -0.4 is 4.74 Å². The molecule has 1 heterocycles. The molecule has 6 heteroatoms. The van der Waals surface area contributed by atoms with Crippen LogP contribution in [0.2, 0.25) is 0 Å². The third kappa shape index (κ3) is 4.46. The molecule has 1 amide bonds. The smallest absolute Gasteiger partial charge is 0.308 e. The lowest BCUT2D eigenvalue weighted by Crippen LogP contribution is -2.47. The van der Waals surface area contributed by atoms with Gasteiger partial charge in [-0.1, -0.05) is 22.9 Å². The topological polar surface area (TPSA) is 66.8 Å². The van der Waals surface area contributed by atoms with Crippen molar-refractivity contribution in [1.29, 1.82) is 0 Å². The van der Waals surface area contributed by atoms with Gasteiger partial charge in [-0.05, 0) is 36.6 Å². The summed E-state index contributed by atoms with van der Waals surface area (Å²) < 4.78 is 6.39. The van der Waals surface area contributed by atoms with Gasteiger partial charge in [-0.25, -0.2) is 0 Å². The number of hydrogen-bond acceptors (Lipinski definition) is 3. The summed E-state index contributed by atoms with van der Waals surface area (Å²) in [6.45, 7) is 2.75. The predicted octanol–water partition coefficient (Wildman–Crippen LogP) is 2.40. The summed E-state index contributed by atoms with van der Waals surface area (Å²) in [5.74, 6) is -0.683. The van der Waals surface area contributed by atoms with Gasteiger partial charge in [0.1, 0.15) is 5.75 Å². The van der Waals surface area contributed by atoms with Gasteiger partial charge in [-0.15, -0.1) is 0 Å². The predicted molar refractivity (Wildman–Crippen MR) is 81.1 cm³/mol. The third-order valence-corrected chi connectivity index (χ3v) is 4.07. The molecule has 21 heavy (non-hydrogen) atoms. The number of carbonyl (C=O) groups excluding carboxylic acids is 1. The molecule has 0 bridgehead atoms. The van der Waals surface area contributed by atoms with Crippen LogP contribution in [0.25, 0.3) is 0 Å². The van der Waals surface area contributed by atoms with Crippen molar-refractivity contribution in [2.45, 2.75) is 13.3 Å². The highest BCUT2D eigenvalue weighted by Crippen LogP contribution is 2.22. The monoisotopic (exact) mass is 355 g/mol. The van der Waals surface area contributed by atoms with E-state index in [0.717, 1.165) is 4.47 Å². The van der Waals surface area contributed by atoms with Gasteiger partial charge in [0, 0.05) is 17.6 Å². The maximum Gasteiger partial charge on any atom is 0.308 e. The number of piperidine rings is 1. The van der Waals surface area contributed by atoms with Crippen molar-refractivity contribution in [3.8, 4) is 5.75 Å². The summed E-state index contributed by atoms with van der Waals surface area (Å²) in [6.07, 6.45) is 0.618. The molecule has 0 saturated carbocycles. The van der Waals surface area contributed by atoms with Gasteiger partial charge >= 0.3 is 5.97 Å². The highest BCUT2D eigenvalue weighted by atomic mass is 79.9. The van der Waals surface area contributed by atoms with Crippen molar-refractivity contribution in [3.05, 3.63) is 28.7 Å². The molecule has 1 aromatic carbocycles. The van der Waals surface area contributed by atoms with Gasteiger partial charge in [0.15, 0.2) is 6.61 Å². The molecule has 5 nitrogen and oxygen atoms in total. The van der Waals surface area contributed by atoms with Crippen molar-refractivity contribution in [3.63, 3.8) is 0 Å². The Kier molecular flexibility index (Phi) is 5.22. The SMILES string of the molecule is CC1CC(C(=O)O)CN(C(=O)COc2ccc(Br)cc2)C1. The zero-order valence-corrected chi connectivity index (χ0v) is 13.4. The van der Waals surface area contributed by atoms with Crippen LogP contribution in [0, 0.1) is 11.8 Å². The second-order valence-corrected chi connectivity index (χ2v) is 6.33. The van der Waals surface area contributed by atoms with Crippen molar-refractivity contribution in [2.24, 2.45) is 11.8 Å². The van der Waals surface area contributed by atoms with Gasteiger partial charge in [-0.3, -0.25) is 9.59 Å². The fourth-order valence-corrected chi connectivity index (χ4v) is 2.77. The van der Waals surface area contributed by atoms with Crippen LogP contribution in [0.1, 0.15) is 13.3 Å². The lowest BCUT2D eigenvalue weighted by molar-refractivity contribution is -0.147. The van der Waals surface area contributed by atoms with E-state index in [0.29, 0.717) is 18.7 Å². The van der Waals surface area contributed by atoms with Gasteiger partial charge in [0.25, 0.3) is 5.91 Å². The molecular formula is C15H18BrNO4. The number of hydrogen-bond donors (Lipinski definition) is 1. The van der Waals surface area contributed by atoms with E-state index >= 15 is 0 Å². The zero-order chi connectivity index (χ0) is 15.4. The van der Waals surface area contributed by atoms with Crippen LogP contribution in [0.4, 0.5) is 0 Å². The fourth-order valence-electron chi connectivity index (χ4n) is 2.50. The van der Waals surface area contributed by atoms with Crippen LogP contribution in [0.3, 0.4) is 0 Å². The number of benzene rings is 1. The van der Waals surface area contributed by atoms with Crippen LogP contribution in [0.5, 0.6) is 5.75 Å². The average Bonchev–Trinajstić information content (AvgIpc) is 2.45. The first-order chi connectivity index (χ1) is 9.95. The molecule has 1 aromatic rings. The highest BCUT2D eigenvalue weighted by molar-refractivity contribution is 9.10. The van der Waals surface area contributed by atoms with E-state index in [4.69, 9.17) is 9.84 Å². The summed E-state index contributed by atoms with van der Waals surface area (Å²) in [7, 11) is 0. The van der Waals surface area contributed by atoms with Crippen LogP contribution in [-0.4, -0.2) is 41.6 Å². The highest BCUT2D eigenvalue weighted by Gasteiger charge is 2.31. The van der Waals surface area contributed by atoms with Gasteiger partial charge in [0.05, 0.1) is 5.92 Å².